The third-order valence-electron chi connectivity index (χ3n) is 4.77. The minimum atomic E-state index is 0.285. The molecule has 2 saturated heterocycles. The van der Waals surface area contributed by atoms with E-state index >= 15 is 0 Å². The summed E-state index contributed by atoms with van der Waals surface area (Å²) in [4.78, 5) is 6.99. The van der Waals surface area contributed by atoms with Crippen molar-refractivity contribution in [2.75, 3.05) is 19.8 Å². The van der Waals surface area contributed by atoms with Crippen molar-refractivity contribution in [3.63, 3.8) is 0 Å². The predicted molar refractivity (Wildman–Crippen MR) is 85.6 cm³/mol. The van der Waals surface area contributed by atoms with Crippen LogP contribution >= 0.6 is 0 Å². The first-order valence-electron chi connectivity index (χ1n) is 8.57. The third-order valence-corrected chi connectivity index (χ3v) is 4.77. The van der Waals surface area contributed by atoms with Crippen molar-refractivity contribution in [1.29, 1.82) is 0 Å². The highest BCUT2D eigenvalue weighted by Gasteiger charge is 2.40. The number of hydrogen-bond donors (Lipinski definition) is 0. The minimum Gasteiger partial charge on any atom is -0.378 e. The molecule has 2 fully saturated rings. The van der Waals surface area contributed by atoms with Crippen molar-refractivity contribution < 1.29 is 9.47 Å². The van der Waals surface area contributed by atoms with Crippen molar-refractivity contribution in [2.24, 2.45) is 13.0 Å². The van der Waals surface area contributed by atoms with Crippen molar-refractivity contribution in [2.45, 2.75) is 57.9 Å². The number of nitrogens with zero attached hydrogens (tertiary/aromatic N) is 3. The molecule has 0 aliphatic carbocycles. The zero-order valence-electron chi connectivity index (χ0n) is 14.1. The predicted octanol–water partition coefficient (Wildman–Crippen LogP) is 2.21. The maximum absolute atomic E-state index is 6.28. The first kappa shape index (κ1) is 16.0. The Balaban J connectivity index is 1.48. The molecule has 3 heterocycles. The number of imidazole rings is 1. The summed E-state index contributed by atoms with van der Waals surface area (Å²) in [6, 6.07) is 0.554. The van der Waals surface area contributed by atoms with E-state index in [4.69, 9.17) is 9.47 Å². The molecule has 5 heteroatoms. The molecule has 1 aromatic rings. The van der Waals surface area contributed by atoms with Crippen LogP contribution in [-0.4, -0.2) is 52.5 Å². The lowest BCUT2D eigenvalue weighted by Gasteiger charge is -2.36. The summed E-state index contributed by atoms with van der Waals surface area (Å²) in [6.45, 7) is 8.00. The highest BCUT2D eigenvalue weighted by molar-refractivity contribution is 4.97. The first-order chi connectivity index (χ1) is 10.6. The molecule has 0 aromatic carbocycles. The molecule has 3 atom stereocenters. The van der Waals surface area contributed by atoms with Crippen LogP contribution in [0.25, 0.3) is 0 Å². The number of fused-ring (bicyclic) bond motifs is 1. The van der Waals surface area contributed by atoms with Crippen LogP contribution in [0.5, 0.6) is 0 Å². The Kier molecular flexibility index (Phi) is 5.16. The van der Waals surface area contributed by atoms with Crippen molar-refractivity contribution >= 4 is 0 Å². The zero-order valence-corrected chi connectivity index (χ0v) is 14.1. The first-order valence-corrected chi connectivity index (χ1v) is 8.57. The molecule has 3 rings (SSSR count). The van der Waals surface area contributed by atoms with Gasteiger partial charge in [-0.2, -0.15) is 0 Å². The highest BCUT2D eigenvalue weighted by Crippen LogP contribution is 2.32. The number of likely N-dealkylation sites (tertiary alicyclic amines) is 1. The van der Waals surface area contributed by atoms with Crippen molar-refractivity contribution in [3.05, 3.63) is 18.2 Å². The van der Waals surface area contributed by atoms with Gasteiger partial charge in [0.05, 0.1) is 25.4 Å². The van der Waals surface area contributed by atoms with Gasteiger partial charge in [-0.05, 0) is 25.2 Å². The Bertz CT molecular complexity index is 474. The maximum atomic E-state index is 6.28. The van der Waals surface area contributed by atoms with Crippen LogP contribution in [0.1, 0.15) is 38.9 Å². The molecule has 0 spiro atoms. The van der Waals surface area contributed by atoms with E-state index in [-0.39, 0.29) is 6.10 Å². The smallest absolute Gasteiger partial charge is 0.122 e. The van der Waals surface area contributed by atoms with Gasteiger partial charge in [0, 0.05) is 38.6 Å². The van der Waals surface area contributed by atoms with Crippen LogP contribution in [0.4, 0.5) is 0 Å². The summed E-state index contributed by atoms with van der Waals surface area (Å²) in [5.41, 5.74) is 0. The van der Waals surface area contributed by atoms with E-state index in [2.05, 4.69) is 35.3 Å². The molecule has 0 N–H and O–H groups in total. The van der Waals surface area contributed by atoms with Crippen molar-refractivity contribution in [3.8, 4) is 0 Å². The van der Waals surface area contributed by atoms with E-state index in [9.17, 15) is 0 Å². The minimum absolute atomic E-state index is 0.285. The SMILES string of the molecule is CC(C)COC[C@H]1CC[C@H]2[C@H](CCN2Cc2nccn2C)O1. The summed E-state index contributed by atoms with van der Waals surface area (Å²) in [5.74, 6) is 1.74. The van der Waals surface area contributed by atoms with Gasteiger partial charge in [-0.25, -0.2) is 4.98 Å². The molecular weight excluding hydrogens is 278 g/mol. The second-order valence-electron chi connectivity index (χ2n) is 7.09. The van der Waals surface area contributed by atoms with Gasteiger partial charge in [0.15, 0.2) is 0 Å². The van der Waals surface area contributed by atoms with E-state index in [1.165, 1.54) is 6.42 Å². The average Bonchev–Trinajstić information content (AvgIpc) is 3.06. The van der Waals surface area contributed by atoms with Gasteiger partial charge in [0.1, 0.15) is 5.82 Å². The Morgan fingerprint density at radius 3 is 2.95 bits per heavy atom. The van der Waals surface area contributed by atoms with Gasteiger partial charge in [0.2, 0.25) is 0 Å². The summed E-state index contributed by atoms with van der Waals surface area (Å²) in [7, 11) is 2.06. The number of aromatic nitrogens is 2. The molecular formula is C17H29N3O2. The molecule has 2 aliphatic rings. The second kappa shape index (κ2) is 7.11. The number of hydrogen-bond acceptors (Lipinski definition) is 4. The lowest BCUT2D eigenvalue weighted by atomic mass is 9.99. The Labute approximate surface area is 133 Å². The Morgan fingerprint density at radius 2 is 2.23 bits per heavy atom. The molecule has 5 nitrogen and oxygen atoms in total. The molecule has 0 unspecified atom stereocenters. The van der Waals surface area contributed by atoms with Gasteiger partial charge in [0.25, 0.3) is 0 Å². The average molecular weight is 307 g/mol. The van der Waals surface area contributed by atoms with Gasteiger partial charge < -0.3 is 14.0 Å². The van der Waals surface area contributed by atoms with Crippen LogP contribution in [-0.2, 0) is 23.1 Å². The maximum Gasteiger partial charge on any atom is 0.122 e. The van der Waals surface area contributed by atoms with E-state index in [1.807, 2.05) is 12.4 Å². The molecule has 2 aliphatic heterocycles. The van der Waals surface area contributed by atoms with Gasteiger partial charge in [-0.15, -0.1) is 0 Å². The van der Waals surface area contributed by atoms with Gasteiger partial charge in [-0.1, -0.05) is 13.8 Å². The summed E-state index contributed by atoms with van der Waals surface area (Å²) < 4.78 is 14.1. The Morgan fingerprint density at radius 1 is 1.36 bits per heavy atom. The molecule has 0 radical (unpaired) electrons. The lowest BCUT2D eigenvalue weighted by molar-refractivity contribution is -0.102. The van der Waals surface area contributed by atoms with Crippen molar-refractivity contribution in [1.82, 2.24) is 14.5 Å². The molecule has 0 bridgehead atoms. The molecule has 22 heavy (non-hydrogen) atoms. The topological polar surface area (TPSA) is 39.5 Å². The quantitative estimate of drug-likeness (QED) is 0.808. The van der Waals surface area contributed by atoms with Crippen LogP contribution in [0.2, 0.25) is 0 Å². The lowest BCUT2D eigenvalue weighted by Crippen LogP contribution is -2.43. The van der Waals surface area contributed by atoms with Gasteiger partial charge >= 0.3 is 0 Å². The standard InChI is InChI=1S/C17H29N3O2/c1-13(2)11-21-12-14-4-5-15-16(22-14)6-8-20(15)10-17-18-7-9-19(17)3/h7,9,13-16H,4-6,8,10-12H2,1-3H3/t14-,15+,16+/m1/s1. The fourth-order valence-electron chi connectivity index (χ4n) is 3.57. The highest BCUT2D eigenvalue weighted by atomic mass is 16.5. The molecule has 124 valence electrons. The molecule has 0 amide bonds. The van der Waals surface area contributed by atoms with E-state index in [1.54, 1.807) is 0 Å². The van der Waals surface area contributed by atoms with Crippen LogP contribution in [0, 0.1) is 5.92 Å². The third kappa shape index (κ3) is 3.70. The molecule has 1 aromatic heterocycles. The van der Waals surface area contributed by atoms with E-state index in [0.717, 1.165) is 45.0 Å². The largest absolute Gasteiger partial charge is 0.378 e. The van der Waals surface area contributed by atoms with Crippen LogP contribution in [0.15, 0.2) is 12.4 Å². The number of ether oxygens (including phenoxy) is 2. The summed E-state index contributed by atoms with van der Waals surface area (Å²) in [5, 5.41) is 0. The normalized spacial score (nSPS) is 29.2. The molecule has 0 saturated carbocycles. The van der Waals surface area contributed by atoms with Gasteiger partial charge in [-0.3, -0.25) is 4.90 Å². The summed E-state index contributed by atoms with van der Waals surface area (Å²) >= 11 is 0. The zero-order chi connectivity index (χ0) is 15.5. The number of aryl methyl sites for hydroxylation is 1. The van der Waals surface area contributed by atoms with Crippen LogP contribution < -0.4 is 0 Å². The second-order valence-corrected chi connectivity index (χ2v) is 7.09. The van der Waals surface area contributed by atoms with E-state index in [0.29, 0.717) is 18.1 Å². The fraction of sp³-hybridized carbons (Fsp3) is 0.824. The summed E-state index contributed by atoms with van der Waals surface area (Å²) in [6.07, 6.45) is 8.01. The van der Waals surface area contributed by atoms with E-state index < -0.39 is 0 Å². The Hall–Kier alpha value is -0.910. The van der Waals surface area contributed by atoms with Crippen LogP contribution in [0.3, 0.4) is 0 Å². The number of rotatable bonds is 6. The monoisotopic (exact) mass is 307 g/mol. The fourth-order valence-corrected chi connectivity index (χ4v) is 3.57.